The average molecular weight is 362 g/mol. The lowest BCUT2D eigenvalue weighted by Gasteiger charge is -2.38. The van der Waals surface area contributed by atoms with Crippen LogP contribution in [0.1, 0.15) is 35.2 Å². The van der Waals surface area contributed by atoms with Crippen molar-refractivity contribution in [3.63, 3.8) is 0 Å². The average Bonchev–Trinajstić information content (AvgIpc) is 3.19. The molecular weight excluding hydrogens is 336 g/mol. The van der Waals surface area contributed by atoms with Gasteiger partial charge in [0.1, 0.15) is 5.60 Å². The summed E-state index contributed by atoms with van der Waals surface area (Å²) < 4.78 is 1.96. The van der Waals surface area contributed by atoms with Gasteiger partial charge in [-0.15, -0.1) is 0 Å². The van der Waals surface area contributed by atoms with Crippen LogP contribution in [0.15, 0.2) is 61.1 Å². The van der Waals surface area contributed by atoms with E-state index < -0.39 is 5.60 Å². The van der Waals surface area contributed by atoms with Crippen molar-refractivity contribution in [1.29, 1.82) is 0 Å². The molecule has 0 aliphatic carbocycles. The lowest BCUT2D eigenvalue weighted by Crippen LogP contribution is -2.42. The van der Waals surface area contributed by atoms with Crippen LogP contribution in [0, 0.1) is 6.92 Å². The topological polar surface area (TPSA) is 54.2 Å². The molecule has 0 spiro atoms. The van der Waals surface area contributed by atoms with Crippen LogP contribution < -0.4 is 0 Å². The molecule has 27 heavy (non-hydrogen) atoms. The molecule has 3 aromatic rings. The maximum absolute atomic E-state index is 11.0. The largest absolute Gasteiger partial charge is 0.383 e. The summed E-state index contributed by atoms with van der Waals surface area (Å²) in [6.45, 7) is 5.43. The Bertz CT molecular complexity index is 866. The van der Waals surface area contributed by atoms with Gasteiger partial charge >= 0.3 is 0 Å². The van der Waals surface area contributed by atoms with Crippen molar-refractivity contribution in [2.75, 3.05) is 13.1 Å². The first-order chi connectivity index (χ1) is 13.1. The van der Waals surface area contributed by atoms with Gasteiger partial charge in [-0.25, -0.2) is 0 Å². The Morgan fingerprint density at radius 1 is 1.00 bits per heavy atom. The molecule has 5 heteroatoms. The highest BCUT2D eigenvalue weighted by Crippen LogP contribution is 2.32. The van der Waals surface area contributed by atoms with E-state index in [1.165, 1.54) is 11.1 Å². The van der Waals surface area contributed by atoms with Crippen LogP contribution in [0.3, 0.4) is 0 Å². The number of nitrogens with zero attached hydrogens (tertiary/aromatic N) is 4. The Hall–Kier alpha value is -2.50. The van der Waals surface area contributed by atoms with Crippen LogP contribution in [0.25, 0.3) is 0 Å². The van der Waals surface area contributed by atoms with Crippen LogP contribution in [0.5, 0.6) is 0 Å². The van der Waals surface area contributed by atoms with Crippen LogP contribution >= 0.6 is 0 Å². The molecule has 5 nitrogen and oxygen atoms in total. The van der Waals surface area contributed by atoms with Crippen molar-refractivity contribution >= 4 is 0 Å². The fraction of sp³-hybridized carbons (Fsp3) is 0.364. The summed E-state index contributed by atoms with van der Waals surface area (Å²) in [4.78, 5) is 6.88. The molecule has 0 amide bonds. The zero-order valence-electron chi connectivity index (χ0n) is 15.8. The standard InChI is InChI=1S/C22H26N4O/c1-18-7-8-21(23-15-18)22(27)9-13-25(14-10-22)16-19-5-2-3-6-20(19)17-26-12-4-11-24-26/h2-8,11-12,15,27H,9-10,13-14,16-17H2,1H3. The zero-order valence-corrected chi connectivity index (χ0v) is 15.8. The zero-order chi connectivity index (χ0) is 18.7. The predicted molar refractivity (Wildman–Crippen MR) is 105 cm³/mol. The second kappa shape index (κ2) is 7.62. The second-order valence-electron chi connectivity index (χ2n) is 7.50. The monoisotopic (exact) mass is 362 g/mol. The van der Waals surface area contributed by atoms with Crippen LogP contribution in [0.2, 0.25) is 0 Å². The first kappa shape index (κ1) is 17.9. The van der Waals surface area contributed by atoms with Crippen molar-refractivity contribution < 1.29 is 5.11 Å². The first-order valence-corrected chi connectivity index (χ1v) is 9.54. The summed E-state index contributed by atoms with van der Waals surface area (Å²) in [7, 11) is 0. The maximum Gasteiger partial charge on any atom is 0.109 e. The van der Waals surface area contributed by atoms with Crippen molar-refractivity contribution in [2.45, 2.75) is 38.5 Å². The molecule has 4 rings (SSSR count). The van der Waals surface area contributed by atoms with Crippen molar-refractivity contribution in [3.05, 3.63) is 83.4 Å². The van der Waals surface area contributed by atoms with E-state index in [9.17, 15) is 5.11 Å². The Kier molecular flexibility index (Phi) is 5.05. The number of aromatic nitrogens is 3. The van der Waals surface area contributed by atoms with Crippen LogP contribution in [0.4, 0.5) is 0 Å². The number of aliphatic hydroxyl groups is 1. The maximum atomic E-state index is 11.0. The van der Waals surface area contributed by atoms with Gasteiger partial charge in [0.05, 0.1) is 12.2 Å². The summed E-state index contributed by atoms with van der Waals surface area (Å²) in [5.41, 5.74) is 3.73. The highest BCUT2D eigenvalue weighted by atomic mass is 16.3. The summed E-state index contributed by atoms with van der Waals surface area (Å²) >= 11 is 0. The van der Waals surface area contributed by atoms with Crippen molar-refractivity contribution in [1.82, 2.24) is 19.7 Å². The Labute approximate surface area is 160 Å². The fourth-order valence-electron chi connectivity index (χ4n) is 3.76. The summed E-state index contributed by atoms with van der Waals surface area (Å²) in [6, 6.07) is 14.5. The van der Waals surface area contributed by atoms with E-state index in [4.69, 9.17) is 0 Å². The lowest BCUT2D eigenvalue weighted by atomic mass is 9.87. The van der Waals surface area contributed by atoms with Gasteiger partial charge in [-0.3, -0.25) is 14.6 Å². The molecule has 140 valence electrons. The lowest BCUT2D eigenvalue weighted by molar-refractivity contribution is -0.0311. The Morgan fingerprint density at radius 3 is 2.37 bits per heavy atom. The SMILES string of the molecule is Cc1ccc(C2(O)CCN(Cc3ccccc3Cn3cccn3)CC2)nc1. The van der Waals surface area contributed by atoms with E-state index >= 15 is 0 Å². The normalized spacial score (nSPS) is 17.1. The third-order valence-corrected chi connectivity index (χ3v) is 5.48. The third kappa shape index (κ3) is 4.10. The van der Waals surface area contributed by atoms with Gasteiger partial charge in [-0.1, -0.05) is 30.3 Å². The van der Waals surface area contributed by atoms with E-state index in [-0.39, 0.29) is 0 Å². The molecule has 1 saturated heterocycles. The van der Waals surface area contributed by atoms with E-state index in [0.29, 0.717) is 12.8 Å². The van der Waals surface area contributed by atoms with Crippen LogP contribution in [-0.2, 0) is 18.7 Å². The molecule has 1 aliphatic rings. The molecule has 0 atom stereocenters. The predicted octanol–water partition coefficient (Wildman–Crippen LogP) is 3.12. The van der Waals surface area contributed by atoms with Gasteiger partial charge in [-0.2, -0.15) is 5.10 Å². The molecule has 3 heterocycles. The minimum Gasteiger partial charge on any atom is -0.383 e. The summed E-state index contributed by atoms with van der Waals surface area (Å²) in [5.74, 6) is 0. The van der Waals surface area contributed by atoms with Gasteiger partial charge < -0.3 is 5.11 Å². The van der Waals surface area contributed by atoms with Gasteiger partial charge in [-0.05, 0) is 48.6 Å². The van der Waals surface area contributed by atoms with E-state index in [1.807, 2.05) is 48.4 Å². The number of hydrogen-bond acceptors (Lipinski definition) is 4. The first-order valence-electron chi connectivity index (χ1n) is 9.54. The highest BCUT2D eigenvalue weighted by Gasteiger charge is 2.35. The molecule has 1 aliphatic heterocycles. The molecule has 1 N–H and O–H groups in total. The molecule has 1 aromatic carbocycles. The van der Waals surface area contributed by atoms with E-state index in [2.05, 4.69) is 39.2 Å². The van der Waals surface area contributed by atoms with Gasteiger partial charge in [0.2, 0.25) is 0 Å². The van der Waals surface area contributed by atoms with Crippen molar-refractivity contribution in [3.8, 4) is 0 Å². The van der Waals surface area contributed by atoms with Crippen LogP contribution in [-0.4, -0.2) is 37.9 Å². The molecule has 1 fully saturated rings. The second-order valence-corrected chi connectivity index (χ2v) is 7.50. The fourth-order valence-corrected chi connectivity index (χ4v) is 3.76. The van der Waals surface area contributed by atoms with Gasteiger partial charge in [0.15, 0.2) is 0 Å². The van der Waals surface area contributed by atoms with Crippen molar-refractivity contribution in [2.24, 2.45) is 0 Å². The third-order valence-electron chi connectivity index (χ3n) is 5.48. The molecule has 0 radical (unpaired) electrons. The number of pyridine rings is 1. The summed E-state index contributed by atoms with van der Waals surface area (Å²) in [6.07, 6.45) is 7.07. The number of hydrogen-bond donors (Lipinski definition) is 1. The number of benzene rings is 1. The van der Waals surface area contributed by atoms with Gasteiger partial charge in [0, 0.05) is 38.2 Å². The Morgan fingerprint density at radius 2 is 1.74 bits per heavy atom. The molecular formula is C22H26N4O. The summed E-state index contributed by atoms with van der Waals surface area (Å²) in [5, 5.41) is 15.4. The quantitative estimate of drug-likeness (QED) is 0.758. The highest BCUT2D eigenvalue weighted by molar-refractivity contribution is 5.27. The minimum absolute atomic E-state index is 0.713. The smallest absolute Gasteiger partial charge is 0.109 e. The van der Waals surface area contributed by atoms with E-state index in [0.717, 1.165) is 37.4 Å². The van der Waals surface area contributed by atoms with Gasteiger partial charge in [0.25, 0.3) is 0 Å². The number of aryl methyl sites for hydroxylation is 1. The molecule has 2 aromatic heterocycles. The number of likely N-dealkylation sites (tertiary alicyclic amines) is 1. The molecule has 0 saturated carbocycles. The Balaban J connectivity index is 1.42. The van der Waals surface area contributed by atoms with E-state index in [1.54, 1.807) is 0 Å². The molecule has 0 bridgehead atoms. The number of piperidine rings is 1. The molecule has 0 unspecified atom stereocenters. The number of rotatable bonds is 5. The minimum atomic E-state index is -0.807.